The average Bonchev–Trinajstić information content (AvgIpc) is 2.87. The quantitative estimate of drug-likeness (QED) is 0.908. The molecule has 1 aromatic rings. The lowest BCUT2D eigenvalue weighted by Crippen LogP contribution is -2.57. The second-order valence-electron chi connectivity index (χ2n) is 6.47. The van der Waals surface area contributed by atoms with Gasteiger partial charge in [0.25, 0.3) is 5.91 Å². The molecule has 0 bridgehead atoms. The molecule has 3 rings (SSSR count). The highest BCUT2D eigenvalue weighted by Crippen LogP contribution is 2.24. The number of rotatable bonds is 2. The number of fused-ring (bicyclic) bond motifs is 1. The van der Waals surface area contributed by atoms with E-state index in [1.54, 1.807) is 0 Å². The Kier molecular flexibility index (Phi) is 3.85. The maximum Gasteiger partial charge on any atom is 0.407 e. The minimum absolute atomic E-state index is 0.0762. The van der Waals surface area contributed by atoms with Crippen molar-refractivity contribution in [1.82, 2.24) is 14.8 Å². The molecule has 0 aromatic carbocycles. The summed E-state index contributed by atoms with van der Waals surface area (Å²) in [6, 6.07) is 2.38. The summed E-state index contributed by atoms with van der Waals surface area (Å²) in [5.41, 5.74) is 1.78. The molecule has 0 aliphatic carbocycles. The van der Waals surface area contributed by atoms with E-state index in [1.807, 2.05) is 24.1 Å². The van der Waals surface area contributed by atoms with Crippen molar-refractivity contribution in [2.75, 3.05) is 19.7 Å². The zero-order valence-corrected chi connectivity index (χ0v) is 13.3. The van der Waals surface area contributed by atoms with E-state index < -0.39 is 0 Å². The summed E-state index contributed by atoms with van der Waals surface area (Å²) in [6.07, 6.45) is 2.42. The van der Waals surface area contributed by atoms with Crippen LogP contribution in [0.3, 0.4) is 0 Å². The molecule has 0 saturated carbocycles. The van der Waals surface area contributed by atoms with E-state index in [9.17, 15) is 9.59 Å². The van der Waals surface area contributed by atoms with Crippen molar-refractivity contribution >= 4 is 12.0 Å². The van der Waals surface area contributed by atoms with Crippen LogP contribution in [0.2, 0.25) is 0 Å². The van der Waals surface area contributed by atoms with Crippen molar-refractivity contribution in [3.8, 4) is 0 Å². The van der Waals surface area contributed by atoms with Crippen LogP contribution in [0.4, 0.5) is 4.79 Å². The predicted molar refractivity (Wildman–Crippen MR) is 81.8 cm³/mol. The molecule has 6 nitrogen and oxygen atoms in total. The Hall–Kier alpha value is -1.98. The zero-order chi connectivity index (χ0) is 15.9. The number of aromatic nitrogens is 1. The fourth-order valence-electron chi connectivity index (χ4n) is 3.43. The number of nitrogens with zero attached hydrogens (tertiary/aromatic N) is 2. The number of carbonyl (C=O) groups excluding carboxylic acids is 2. The molecule has 2 aliphatic heterocycles. The maximum absolute atomic E-state index is 12.8. The van der Waals surface area contributed by atoms with Gasteiger partial charge in [-0.05, 0) is 33.3 Å². The Morgan fingerprint density at radius 3 is 2.91 bits per heavy atom. The average molecular weight is 305 g/mol. The Bertz CT molecular complexity index is 593. The third-order valence-corrected chi connectivity index (χ3v) is 4.72. The van der Waals surface area contributed by atoms with Gasteiger partial charge in [-0.15, -0.1) is 0 Å². The second-order valence-corrected chi connectivity index (χ2v) is 6.47. The van der Waals surface area contributed by atoms with E-state index >= 15 is 0 Å². The molecule has 2 aliphatic rings. The van der Waals surface area contributed by atoms with Gasteiger partial charge in [0.1, 0.15) is 0 Å². The minimum atomic E-state index is -0.342. The van der Waals surface area contributed by atoms with Crippen molar-refractivity contribution in [3.05, 3.63) is 23.5 Å². The molecule has 1 N–H and O–H groups in total. The van der Waals surface area contributed by atoms with E-state index in [0.29, 0.717) is 25.7 Å². The summed E-state index contributed by atoms with van der Waals surface area (Å²) >= 11 is 0. The van der Waals surface area contributed by atoms with Gasteiger partial charge in [0, 0.05) is 43.0 Å². The van der Waals surface area contributed by atoms with Crippen molar-refractivity contribution in [2.45, 2.75) is 39.3 Å². The Labute approximate surface area is 130 Å². The summed E-state index contributed by atoms with van der Waals surface area (Å²) in [6.45, 7) is 7.91. The lowest BCUT2D eigenvalue weighted by molar-refractivity contribution is 0.0324. The van der Waals surface area contributed by atoms with Crippen molar-refractivity contribution in [3.63, 3.8) is 0 Å². The molecule has 2 saturated heterocycles. The van der Waals surface area contributed by atoms with Crippen LogP contribution < -0.4 is 5.32 Å². The summed E-state index contributed by atoms with van der Waals surface area (Å²) in [7, 11) is 0. The monoisotopic (exact) mass is 305 g/mol. The normalized spacial score (nSPS) is 24.7. The molecule has 2 fully saturated rings. The Morgan fingerprint density at radius 1 is 1.45 bits per heavy atom. The lowest BCUT2D eigenvalue weighted by atomic mass is 9.91. The largest absolute Gasteiger partial charge is 0.449 e. The second kappa shape index (κ2) is 5.66. The van der Waals surface area contributed by atoms with E-state index in [4.69, 9.17) is 4.74 Å². The highest BCUT2D eigenvalue weighted by Gasteiger charge is 2.37. The van der Waals surface area contributed by atoms with E-state index in [1.165, 1.54) is 0 Å². The van der Waals surface area contributed by atoms with E-state index in [-0.39, 0.29) is 24.0 Å². The van der Waals surface area contributed by atoms with Gasteiger partial charge < -0.3 is 19.5 Å². The molecule has 2 atom stereocenters. The first-order valence-corrected chi connectivity index (χ1v) is 7.87. The number of hydrogen-bond donors (Lipinski definition) is 1. The molecular weight excluding hydrogens is 282 g/mol. The molecule has 22 heavy (non-hydrogen) atoms. The highest BCUT2D eigenvalue weighted by atomic mass is 16.6. The number of amides is 2. The fourth-order valence-corrected chi connectivity index (χ4v) is 3.43. The number of carbonyl (C=O) groups is 2. The number of likely N-dealkylation sites (tertiary alicyclic amines) is 1. The molecule has 0 unspecified atom stereocenters. The zero-order valence-electron chi connectivity index (χ0n) is 13.3. The van der Waals surface area contributed by atoms with Gasteiger partial charge in [-0.25, -0.2) is 4.79 Å². The van der Waals surface area contributed by atoms with Crippen molar-refractivity contribution < 1.29 is 14.3 Å². The number of cyclic esters (lactones) is 1. The molecule has 2 amide bonds. The van der Waals surface area contributed by atoms with Crippen LogP contribution in [-0.4, -0.2) is 47.2 Å². The van der Waals surface area contributed by atoms with Crippen molar-refractivity contribution in [1.29, 1.82) is 0 Å². The number of hydrogen-bond acceptors (Lipinski definition) is 3. The molecule has 6 heteroatoms. The first-order valence-electron chi connectivity index (χ1n) is 7.87. The summed E-state index contributed by atoms with van der Waals surface area (Å²) in [5, 5.41) is 2.84. The summed E-state index contributed by atoms with van der Waals surface area (Å²) in [5.74, 6) is 0.259. The van der Waals surface area contributed by atoms with Gasteiger partial charge in [0.15, 0.2) is 0 Å². The van der Waals surface area contributed by atoms with E-state index in [0.717, 1.165) is 17.7 Å². The molecule has 120 valence electrons. The van der Waals surface area contributed by atoms with Crippen LogP contribution in [0, 0.1) is 12.8 Å². The van der Waals surface area contributed by atoms with Crippen LogP contribution in [0.15, 0.2) is 12.3 Å². The SMILES string of the molecule is Cc1c(C(=O)N2CC[C@@H]3NC(=O)OC[C@H]3C2)ccn1C(C)C. The van der Waals surface area contributed by atoms with Crippen LogP contribution in [0.25, 0.3) is 0 Å². The fraction of sp³-hybridized carbons (Fsp3) is 0.625. The molecule has 3 heterocycles. The topological polar surface area (TPSA) is 63.6 Å². The van der Waals surface area contributed by atoms with Gasteiger partial charge in [0.2, 0.25) is 0 Å². The Morgan fingerprint density at radius 2 is 2.23 bits per heavy atom. The van der Waals surface area contributed by atoms with Gasteiger partial charge in [-0.2, -0.15) is 0 Å². The summed E-state index contributed by atoms with van der Waals surface area (Å²) < 4.78 is 7.16. The lowest BCUT2D eigenvalue weighted by Gasteiger charge is -2.40. The number of alkyl carbamates (subject to hydrolysis) is 1. The van der Waals surface area contributed by atoms with Crippen molar-refractivity contribution in [2.24, 2.45) is 5.92 Å². The third-order valence-electron chi connectivity index (χ3n) is 4.72. The van der Waals surface area contributed by atoms with Gasteiger partial charge in [-0.3, -0.25) is 4.79 Å². The standard InChI is InChI=1S/C16H23N3O3/c1-10(2)19-7-4-13(11(19)3)15(20)18-6-5-14-12(8-18)9-22-16(21)17-14/h4,7,10,12,14H,5-6,8-9H2,1-3H3,(H,17,21)/t12-,14+/m1/s1. The number of ether oxygens (including phenoxy) is 1. The number of nitrogens with one attached hydrogen (secondary N) is 1. The summed E-state index contributed by atoms with van der Waals surface area (Å²) in [4.78, 5) is 25.9. The van der Waals surface area contributed by atoms with Gasteiger partial charge in [0.05, 0.1) is 12.2 Å². The molecule has 0 spiro atoms. The predicted octanol–water partition coefficient (Wildman–Crippen LogP) is 1.95. The third kappa shape index (κ3) is 2.58. The molecule has 0 radical (unpaired) electrons. The smallest absolute Gasteiger partial charge is 0.407 e. The highest BCUT2D eigenvalue weighted by molar-refractivity contribution is 5.95. The Balaban J connectivity index is 1.72. The first-order chi connectivity index (χ1) is 10.5. The van der Waals surface area contributed by atoms with Crippen LogP contribution in [0.5, 0.6) is 0 Å². The first kappa shape index (κ1) is 14.9. The molecule has 1 aromatic heterocycles. The number of piperidine rings is 1. The minimum Gasteiger partial charge on any atom is -0.449 e. The maximum atomic E-state index is 12.8. The van der Waals surface area contributed by atoms with Crippen LogP contribution in [0.1, 0.15) is 42.4 Å². The van der Waals surface area contributed by atoms with E-state index in [2.05, 4.69) is 23.7 Å². The van der Waals surface area contributed by atoms with Gasteiger partial charge in [-0.1, -0.05) is 0 Å². The molecular formula is C16H23N3O3. The van der Waals surface area contributed by atoms with Gasteiger partial charge >= 0.3 is 6.09 Å². The van der Waals surface area contributed by atoms with Crippen LogP contribution >= 0.6 is 0 Å². The van der Waals surface area contributed by atoms with Crippen LogP contribution in [-0.2, 0) is 4.74 Å².